The standard InChI is InChI=1S/C29H4.C8H18O2/c1-3-5-7-9-11-13-15-17-19-21-23-25-27-29-28-26-24-22-20-18-16-14-12-10-8-6-4-2;1-5-8(6-9-3)7(2)10-4/h1H,2H3;7-8H,5-6H2,1-4H3/t;7-,8-/m.1/s1. The lowest BCUT2D eigenvalue weighted by Crippen LogP contribution is -2.22. The summed E-state index contributed by atoms with van der Waals surface area (Å²) in [7, 11) is 3.47. The van der Waals surface area contributed by atoms with E-state index in [0.717, 1.165) is 13.0 Å². The SMILES string of the molecule is C#CC#CC#CC#CC#CC#CC#CC#CC#CC#CC#CC#CC#CC#CC.CC[C@H](COC)[C@@H](C)OC. The van der Waals surface area contributed by atoms with E-state index in [-0.39, 0.29) is 0 Å². The number of ether oxygens (including phenoxy) is 2. The third kappa shape index (κ3) is 29.7. The Hall–Kier alpha value is -6.24. The highest BCUT2D eigenvalue weighted by molar-refractivity contribution is 5.48. The van der Waals surface area contributed by atoms with Crippen LogP contribution in [-0.2, 0) is 9.47 Å². The molecule has 0 amide bonds. The van der Waals surface area contributed by atoms with Crippen LogP contribution in [0.3, 0.4) is 0 Å². The monoisotopic (exact) mass is 498 g/mol. The van der Waals surface area contributed by atoms with Crippen molar-refractivity contribution in [3.8, 4) is 166 Å². The quantitative estimate of drug-likeness (QED) is 0.542. The van der Waals surface area contributed by atoms with Crippen molar-refractivity contribution in [2.75, 3.05) is 20.8 Å². The molecule has 39 heavy (non-hydrogen) atoms. The lowest BCUT2D eigenvalue weighted by Gasteiger charge is -2.19. The van der Waals surface area contributed by atoms with Gasteiger partial charge in [0.2, 0.25) is 0 Å². The second-order valence-electron chi connectivity index (χ2n) is 6.08. The lowest BCUT2D eigenvalue weighted by atomic mass is 10.0. The molecule has 0 spiro atoms. The zero-order valence-corrected chi connectivity index (χ0v) is 22.5. The second kappa shape index (κ2) is 31.8. The van der Waals surface area contributed by atoms with Gasteiger partial charge in [0.15, 0.2) is 0 Å². The van der Waals surface area contributed by atoms with Crippen LogP contribution in [-0.4, -0.2) is 26.9 Å². The van der Waals surface area contributed by atoms with Gasteiger partial charge in [-0.05, 0) is 115 Å². The highest BCUT2D eigenvalue weighted by Crippen LogP contribution is 2.10. The van der Waals surface area contributed by atoms with Crippen LogP contribution >= 0.6 is 0 Å². The van der Waals surface area contributed by atoms with Crippen LogP contribution in [0, 0.1) is 172 Å². The van der Waals surface area contributed by atoms with Gasteiger partial charge in [0.25, 0.3) is 0 Å². The molecule has 0 saturated carbocycles. The van der Waals surface area contributed by atoms with Crippen molar-refractivity contribution in [1.82, 2.24) is 0 Å². The van der Waals surface area contributed by atoms with Crippen LogP contribution in [0.5, 0.6) is 0 Å². The van der Waals surface area contributed by atoms with Crippen LogP contribution in [0.25, 0.3) is 0 Å². The molecule has 0 fully saturated rings. The van der Waals surface area contributed by atoms with Crippen LogP contribution in [0.4, 0.5) is 0 Å². The molecule has 0 aromatic heterocycles. The van der Waals surface area contributed by atoms with Gasteiger partial charge in [-0.15, -0.1) is 6.42 Å². The smallest absolute Gasteiger partial charge is 0.0593 e. The molecular formula is C37H22O2. The minimum Gasteiger partial charge on any atom is -0.384 e. The van der Waals surface area contributed by atoms with Crippen molar-refractivity contribution in [1.29, 1.82) is 0 Å². The Morgan fingerprint density at radius 3 is 1.00 bits per heavy atom. The van der Waals surface area contributed by atoms with Crippen LogP contribution < -0.4 is 0 Å². The molecule has 2 nitrogen and oxygen atoms in total. The summed E-state index contributed by atoms with van der Waals surface area (Å²) in [6, 6.07) is 0. The van der Waals surface area contributed by atoms with E-state index in [1.807, 2.05) is 0 Å². The first-order chi connectivity index (χ1) is 19.2. The van der Waals surface area contributed by atoms with E-state index < -0.39 is 0 Å². The molecule has 0 aliphatic rings. The van der Waals surface area contributed by atoms with Crippen molar-refractivity contribution in [2.45, 2.75) is 33.3 Å². The van der Waals surface area contributed by atoms with Crippen LogP contribution in [0.1, 0.15) is 27.2 Å². The number of methoxy groups -OCH3 is 2. The molecule has 0 unspecified atom stereocenters. The van der Waals surface area contributed by atoms with Gasteiger partial charge < -0.3 is 9.47 Å². The highest BCUT2D eigenvalue weighted by Gasteiger charge is 2.13. The fraction of sp³-hybridized carbons (Fsp3) is 0.243. The van der Waals surface area contributed by atoms with E-state index in [4.69, 9.17) is 15.9 Å². The summed E-state index contributed by atoms with van der Waals surface area (Å²) >= 11 is 0. The van der Waals surface area contributed by atoms with Crippen molar-refractivity contribution in [2.24, 2.45) is 5.92 Å². The molecular weight excluding hydrogens is 476 g/mol. The van der Waals surface area contributed by atoms with Crippen molar-refractivity contribution in [3.05, 3.63) is 0 Å². The highest BCUT2D eigenvalue weighted by atomic mass is 16.5. The Balaban J connectivity index is 0. The molecule has 0 radical (unpaired) electrons. The summed E-state index contributed by atoms with van der Waals surface area (Å²) in [5, 5.41) is 0. The van der Waals surface area contributed by atoms with Gasteiger partial charge in [-0.25, -0.2) is 0 Å². The van der Waals surface area contributed by atoms with E-state index in [2.05, 4.69) is 174 Å². The predicted octanol–water partition coefficient (Wildman–Crippen LogP) is 2.38. The maximum atomic E-state index is 5.18. The third-order valence-corrected chi connectivity index (χ3v) is 3.64. The summed E-state index contributed by atoms with van der Waals surface area (Å²) in [6.07, 6.45) is 6.34. The fourth-order valence-corrected chi connectivity index (χ4v) is 1.81. The number of rotatable bonds is 5. The van der Waals surface area contributed by atoms with E-state index in [1.165, 1.54) is 0 Å². The first kappa shape index (κ1) is 34.9. The topological polar surface area (TPSA) is 18.5 Å². The lowest BCUT2D eigenvalue weighted by molar-refractivity contribution is 0.0242. The zero-order valence-electron chi connectivity index (χ0n) is 22.5. The second-order valence-corrected chi connectivity index (χ2v) is 6.08. The van der Waals surface area contributed by atoms with Gasteiger partial charge in [-0.2, -0.15) is 0 Å². The van der Waals surface area contributed by atoms with Crippen LogP contribution in [0.2, 0.25) is 0 Å². The Morgan fingerprint density at radius 2 is 0.795 bits per heavy atom. The normalized spacial score (nSPS) is 7.18. The molecule has 0 N–H and O–H groups in total. The molecule has 0 rings (SSSR count). The Morgan fingerprint density at radius 1 is 0.513 bits per heavy atom. The number of hydrogen-bond acceptors (Lipinski definition) is 2. The average molecular weight is 499 g/mol. The molecule has 0 aliphatic carbocycles. The van der Waals surface area contributed by atoms with E-state index in [0.29, 0.717) is 12.0 Å². The molecule has 0 aliphatic heterocycles. The first-order valence-electron chi connectivity index (χ1n) is 11.1. The molecule has 182 valence electrons. The van der Waals surface area contributed by atoms with Gasteiger partial charge in [0.1, 0.15) is 0 Å². The fourth-order valence-electron chi connectivity index (χ4n) is 1.81. The molecule has 0 bridgehead atoms. The molecule has 0 aromatic rings. The molecule has 2 atom stereocenters. The van der Waals surface area contributed by atoms with E-state index in [1.54, 1.807) is 21.1 Å². The van der Waals surface area contributed by atoms with Crippen LogP contribution in [0.15, 0.2) is 0 Å². The maximum absolute atomic E-state index is 5.18. The van der Waals surface area contributed by atoms with Gasteiger partial charge >= 0.3 is 0 Å². The summed E-state index contributed by atoms with van der Waals surface area (Å²) in [6.45, 7) is 6.72. The first-order valence-corrected chi connectivity index (χ1v) is 11.1. The van der Waals surface area contributed by atoms with Crippen molar-refractivity contribution < 1.29 is 9.47 Å². The average Bonchev–Trinajstić information content (AvgIpc) is 2.95. The Labute approximate surface area is 235 Å². The number of hydrogen-bond donors (Lipinski definition) is 0. The minimum absolute atomic E-state index is 0.310. The van der Waals surface area contributed by atoms with Crippen molar-refractivity contribution >= 4 is 0 Å². The van der Waals surface area contributed by atoms with Gasteiger partial charge in [0, 0.05) is 79.3 Å². The largest absolute Gasteiger partial charge is 0.384 e. The van der Waals surface area contributed by atoms with E-state index in [9.17, 15) is 0 Å². The maximum Gasteiger partial charge on any atom is 0.0593 e. The minimum atomic E-state index is 0.310. The zero-order chi connectivity index (χ0) is 29.1. The third-order valence-electron chi connectivity index (χ3n) is 3.64. The molecule has 0 saturated heterocycles. The summed E-state index contributed by atoms with van der Waals surface area (Å²) in [5.74, 6) is 67.4. The molecule has 2 heteroatoms. The Bertz CT molecular complexity index is 1690. The molecule has 0 aromatic carbocycles. The van der Waals surface area contributed by atoms with Crippen molar-refractivity contribution in [3.63, 3.8) is 0 Å². The van der Waals surface area contributed by atoms with Gasteiger partial charge in [-0.3, -0.25) is 0 Å². The summed E-state index contributed by atoms with van der Waals surface area (Å²) in [5.41, 5.74) is 0. The van der Waals surface area contributed by atoms with Gasteiger partial charge in [-0.1, -0.05) is 12.8 Å². The summed E-state index contributed by atoms with van der Waals surface area (Å²) in [4.78, 5) is 0. The molecule has 0 heterocycles. The van der Waals surface area contributed by atoms with E-state index >= 15 is 0 Å². The number of terminal acetylenes is 1. The van der Waals surface area contributed by atoms with Gasteiger partial charge in [0.05, 0.1) is 12.7 Å². The predicted molar refractivity (Wildman–Crippen MR) is 158 cm³/mol. The Kier molecular flexibility index (Phi) is 28.4. The summed E-state index contributed by atoms with van der Waals surface area (Å²) < 4.78 is 10.2.